The average Bonchev–Trinajstić information content (AvgIpc) is 2.58. The first kappa shape index (κ1) is 14.9. The fourth-order valence-electron chi connectivity index (χ4n) is 1.49. The molecule has 0 radical (unpaired) electrons. The second-order valence-electron chi connectivity index (χ2n) is 3.95. The molecule has 0 aliphatic rings. The Balaban J connectivity index is 2.90. The molecule has 104 valence electrons. The highest BCUT2D eigenvalue weighted by atomic mass is 32.2. The van der Waals surface area contributed by atoms with Crippen LogP contribution in [0.2, 0.25) is 0 Å². The number of aliphatic hydroxyl groups excluding tert-OH is 1. The van der Waals surface area contributed by atoms with Crippen LogP contribution in [0.3, 0.4) is 0 Å². The van der Waals surface area contributed by atoms with E-state index < -0.39 is 16.1 Å². The topological polar surface area (TPSA) is 111 Å². The molecule has 8 nitrogen and oxygen atoms in total. The van der Waals surface area contributed by atoms with Crippen molar-refractivity contribution < 1.29 is 18.3 Å². The van der Waals surface area contributed by atoms with Crippen LogP contribution in [0.15, 0.2) is 11.1 Å². The zero-order chi connectivity index (χ0) is 13.9. The molecule has 0 aliphatic heterocycles. The SMILES string of the molecule is COCC(O)CN(C)S(=O)(=O)c1cn(C)nc1N. The maximum atomic E-state index is 12.1. The number of likely N-dealkylation sites (N-methyl/N-ethyl adjacent to an activating group) is 1. The Hall–Kier alpha value is -1.16. The minimum atomic E-state index is -3.75. The fraction of sp³-hybridized carbons (Fsp3) is 0.667. The van der Waals surface area contributed by atoms with E-state index in [9.17, 15) is 13.5 Å². The van der Waals surface area contributed by atoms with Crippen LogP contribution in [0.1, 0.15) is 0 Å². The van der Waals surface area contributed by atoms with E-state index in [-0.39, 0.29) is 23.9 Å². The van der Waals surface area contributed by atoms with Crippen LogP contribution in [-0.4, -0.2) is 61.0 Å². The van der Waals surface area contributed by atoms with E-state index in [2.05, 4.69) is 5.10 Å². The Morgan fingerprint density at radius 2 is 2.28 bits per heavy atom. The number of aromatic nitrogens is 2. The average molecular weight is 278 g/mol. The van der Waals surface area contributed by atoms with Crippen molar-refractivity contribution in [2.75, 3.05) is 33.0 Å². The molecule has 0 aliphatic carbocycles. The normalized spacial score (nSPS) is 14.1. The summed E-state index contributed by atoms with van der Waals surface area (Å²) in [5.74, 6) is -0.0643. The number of hydrogen-bond acceptors (Lipinski definition) is 6. The molecule has 0 saturated heterocycles. The van der Waals surface area contributed by atoms with Crippen LogP contribution < -0.4 is 5.73 Å². The minimum absolute atomic E-state index is 0.0579. The molecule has 0 aromatic carbocycles. The predicted molar refractivity (Wildman–Crippen MR) is 65.3 cm³/mol. The second-order valence-corrected chi connectivity index (χ2v) is 5.96. The maximum Gasteiger partial charge on any atom is 0.248 e. The van der Waals surface area contributed by atoms with Crippen molar-refractivity contribution in [3.8, 4) is 0 Å². The fourth-order valence-corrected chi connectivity index (χ4v) is 2.79. The molecule has 1 aromatic rings. The van der Waals surface area contributed by atoms with Crippen molar-refractivity contribution in [1.29, 1.82) is 0 Å². The van der Waals surface area contributed by atoms with Gasteiger partial charge in [-0.2, -0.15) is 9.40 Å². The number of aryl methyl sites for hydroxylation is 1. The van der Waals surface area contributed by atoms with Gasteiger partial charge in [0.05, 0.1) is 12.7 Å². The summed E-state index contributed by atoms with van der Waals surface area (Å²) < 4.78 is 31.4. The van der Waals surface area contributed by atoms with Crippen molar-refractivity contribution in [2.24, 2.45) is 7.05 Å². The van der Waals surface area contributed by atoms with Gasteiger partial charge in [-0.25, -0.2) is 8.42 Å². The lowest BCUT2D eigenvalue weighted by Gasteiger charge is -2.19. The summed E-state index contributed by atoms with van der Waals surface area (Å²) in [6, 6.07) is 0. The lowest BCUT2D eigenvalue weighted by molar-refractivity contribution is 0.0554. The number of anilines is 1. The lowest BCUT2D eigenvalue weighted by Crippen LogP contribution is -2.36. The summed E-state index contributed by atoms with van der Waals surface area (Å²) in [7, 11) is 0.615. The molecular formula is C9H18N4O4S. The number of rotatable bonds is 6. The molecule has 1 heterocycles. The van der Waals surface area contributed by atoms with Crippen LogP contribution >= 0.6 is 0 Å². The Morgan fingerprint density at radius 3 is 2.72 bits per heavy atom. The smallest absolute Gasteiger partial charge is 0.248 e. The Labute approximate surface area is 106 Å². The number of hydrogen-bond donors (Lipinski definition) is 2. The number of aliphatic hydroxyl groups is 1. The van der Waals surface area contributed by atoms with E-state index in [1.807, 2.05) is 0 Å². The Morgan fingerprint density at radius 1 is 1.67 bits per heavy atom. The number of sulfonamides is 1. The van der Waals surface area contributed by atoms with E-state index in [1.165, 1.54) is 25.0 Å². The molecular weight excluding hydrogens is 260 g/mol. The predicted octanol–water partition coefficient (Wildman–Crippen LogP) is -1.37. The van der Waals surface area contributed by atoms with Crippen LogP contribution in [0.25, 0.3) is 0 Å². The molecule has 0 amide bonds. The van der Waals surface area contributed by atoms with Gasteiger partial charge in [0, 0.05) is 33.9 Å². The van der Waals surface area contributed by atoms with Crippen molar-refractivity contribution >= 4 is 15.8 Å². The Kier molecular flexibility index (Phi) is 4.68. The summed E-state index contributed by atoms with van der Waals surface area (Å²) in [4.78, 5) is -0.0721. The van der Waals surface area contributed by atoms with Crippen LogP contribution in [0, 0.1) is 0 Å². The minimum Gasteiger partial charge on any atom is -0.389 e. The third-order valence-corrected chi connectivity index (χ3v) is 4.18. The molecule has 0 spiro atoms. The molecule has 1 atom stereocenters. The van der Waals surface area contributed by atoms with Gasteiger partial charge in [-0.1, -0.05) is 0 Å². The largest absolute Gasteiger partial charge is 0.389 e. The molecule has 0 bridgehead atoms. The van der Waals surface area contributed by atoms with Gasteiger partial charge in [-0.15, -0.1) is 0 Å². The number of methoxy groups -OCH3 is 1. The van der Waals surface area contributed by atoms with Gasteiger partial charge in [0.2, 0.25) is 10.0 Å². The van der Waals surface area contributed by atoms with Crippen molar-refractivity contribution in [2.45, 2.75) is 11.0 Å². The summed E-state index contributed by atoms with van der Waals surface area (Å²) in [5.41, 5.74) is 5.53. The third kappa shape index (κ3) is 3.19. The highest BCUT2D eigenvalue weighted by molar-refractivity contribution is 7.89. The van der Waals surface area contributed by atoms with Gasteiger partial charge in [0.1, 0.15) is 4.90 Å². The summed E-state index contributed by atoms with van der Waals surface area (Å²) in [5, 5.41) is 13.3. The van der Waals surface area contributed by atoms with Crippen molar-refractivity contribution in [3.05, 3.63) is 6.20 Å². The quantitative estimate of drug-likeness (QED) is 0.664. The van der Waals surface area contributed by atoms with Crippen LogP contribution in [-0.2, 0) is 21.8 Å². The third-order valence-electron chi connectivity index (χ3n) is 2.34. The maximum absolute atomic E-state index is 12.1. The van der Waals surface area contributed by atoms with E-state index in [4.69, 9.17) is 10.5 Å². The van der Waals surface area contributed by atoms with E-state index in [0.29, 0.717) is 0 Å². The molecule has 18 heavy (non-hydrogen) atoms. The standard InChI is InChI=1S/C9H18N4O4S/c1-12-5-8(9(10)11-12)18(15,16)13(2)4-7(14)6-17-3/h5,7,14H,4,6H2,1-3H3,(H2,10,11). The molecule has 1 rings (SSSR count). The van der Waals surface area contributed by atoms with E-state index >= 15 is 0 Å². The zero-order valence-electron chi connectivity index (χ0n) is 10.6. The van der Waals surface area contributed by atoms with Gasteiger partial charge in [-0.05, 0) is 0 Å². The number of nitrogens with zero attached hydrogens (tertiary/aromatic N) is 3. The number of ether oxygens (including phenoxy) is 1. The van der Waals surface area contributed by atoms with Gasteiger partial charge >= 0.3 is 0 Å². The summed E-state index contributed by atoms with van der Waals surface area (Å²) >= 11 is 0. The first-order valence-electron chi connectivity index (χ1n) is 5.21. The van der Waals surface area contributed by atoms with Gasteiger partial charge in [0.15, 0.2) is 5.82 Å². The van der Waals surface area contributed by atoms with Crippen molar-refractivity contribution in [3.63, 3.8) is 0 Å². The molecule has 1 aromatic heterocycles. The highest BCUT2D eigenvalue weighted by Crippen LogP contribution is 2.19. The summed E-state index contributed by atoms with van der Waals surface area (Å²) in [6.07, 6.45) is 0.428. The second kappa shape index (κ2) is 5.65. The first-order valence-corrected chi connectivity index (χ1v) is 6.65. The molecule has 1 unspecified atom stereocenters. The van der Waals surface area contributed by atoms with E-state index in [1.54, 1.807) is 7.05 Å². The molecule has 0 saturated carbocycles. The van der Waals surface area contributed by atoms with E-state index in [0.717, 1.165) is 4.31 Å². The first-order chi connectivity index (χ1) is 8.28. The molecule has 9 heteroatoms. The lowest BCUT2D eigenvalue weighted by atomic mass is 10.4. The Bertz CT molecular complexity index is 499. The molecule has 3 N–H and O–H groups in total. The number of nitrogen functional groups attached to an aromatic ring is 1. The van der Waals surface area contributed by atoms with Gasteiger partial charge in [-0.3, -0.25) is 4.68 Å². The number of nitrogens with two attached hydrogens (primary N) is 1. The van der Waals surface area contributed by atoms with Crippen molar-refractivity contribution in [1.82, 2.24) is 14.1 Å². The summed E-state index contributed by atoms with van der Waals surface area (Å²) in [6.45, 7) is -0.0209. The van der Waals surface area contributed by atoms with Gasteiger partial charge in [0.25, 0.3) is 0 Å². The van der Waals surface area contributed by atoms with Gasteiger partial charge < -0.3 is 15.6 Å². The monoisotopic (exact) mass is 278 g/mol. The van der Waals surface area contributed by atoms with Crippen LogP contribution in [0.5, 0.6) is 0 Å². The zero-order valence-corrected chi connectivity index (χ0v) is 11.4. The van der Waals surface area contributed by atoms with Crippen LogP contribution in [0.4, 0.5) is 5.82 Å². The molecule has 0 fully saturated rings. The highest BCUT2D eigenvalue weighted by Gasteiger charge is 2.27.